The van der Waals surface area contributed by atoms with E-state index < -0.39 is 21.1 Å². The van der Waals surface area contributed by atoms with Crippen LogP contribution in [0.2, 0.25) is 5.02 Å². The minimum absolute atomic E-state index is 0.0221. The molecule has 0 aliphatic rings. The van der Waals surface area contributed by atoms with Gasteiger partial charge in [0.05, 0.1) is 5.75 Å². The maximum absolute atomic E-state index is 12.6. The molecule has 0 N–H and O–H groups in total. The van der Waals surface area contributed by atoms with Crippen LogP contribution in [-0.4, -0.2) is 18.9 Å². The van der Waals surface area contributed by atoms with Crippen molar-refractivity contribution in [2.75, 3.05) is 0 Å². The zero-order valence-electron chi connectivity index (χ0n) is 17.2. The first kappa shape index (κ1) is 23.3. The van der Waals surface area contributed by atoms with Crippen LogP contribution in [0.15, 0.2) is 60.8 Å². The van der Waals surface area contributed by atoms with Gasteiger partial charge in [-0.05, 0) is 46.5 Å². The number of sulfone groups is 1. The van der Waals surface area contributed by atoms with E-state index in [1.54, 1.807) is 6.20 Å². The Labute approximate surface area is 184 Å². The standard InChI is InChI=1S/C23H21ClF3NO2S/c1-22(2,3)21-13-17(9-10-28-21)16-5-4-6-18(12-16)19-8-7-15(11-20(19)24)14-31(29,30)23(25,26)27/h4-13H,14H2,1-3H3. The van der Waals surface area contributed by atoms with Gasteiger partial charge in [-0.3, -0.25) is 4.98 Å². The van der Waals surface area contributed by atoms with Crippen molar-refractivity contribution in [1.82, 2.24) is 4.98 Å². The molecule has 0 aliphatic heterocycles. The van der Waals surface area contributed by atoms with Crippen LogP contribution >= 0.6 is 11.6 Å². The molecule has 3 rings (SSSR count). The summed E-state index contributed by atoms with van der Waals surface area (Å²) >= 11 is 6.30. The molecule has 0 radical (unpaired) electrons. The summed E-state index contributed by atoms with van der Waals surface area (Å²) < 4.78 is 60.8. The summed E-state index contributed by atoms with van der Waals surface area (Å²) in [5.41, 5.74) is -1.21. The van der Waals surface area contributed by atoms with Crippen molar-refractivity contribution in [2.24, 2.45) is 0 Å². The van der Waals surface area contributed by atoms with Gasteiger partial charge in [0, 0.05) is 27.9 Å². The van der Waals surface area contributed by atoms with E-state index in [4.69, 9.17) is 11.6 Å². The first-order valence-electron chi connectivity index (χ1n) is 9.43. The van der Waals surface area contributed by atoms with Crippen LogP contribution in [0.4, 0.5) is 13.2 Å². The lowest BCUT2D eigenvalue weighted by molar-refractivity contribution is -0.0437. The summed E-state index contributed by atoms with van der Waals surface area (Å²) in [4.78, 5) is 4.44. The SMILES string of the molecule is CC(C)(C)c1cc(-c2cccc(-c3ccc(CS(=O)(=O)C(F)(F)F)cc3Cl)c2)ccn1. The zero-order chi connectivity index (χ0) is 23.0. The van der Waals surface area contributed by atoms with Gasteiger partial charge in [-0.1, -0.05) is 62.7 Å². The smallest absolute Gasteiger partial charge is 0.261 e. The number of benzene rings is 2. The summed E-state index contributed by atoms with van der Waals surface area (Å²) in [5, 5.41) is 0.178. The molecule has 31 heavy (non-hydrogen) atoms. The predicted octanol–water partition coefficient (Wildman–Crippen LogP) is 6.80. The fourth-order valence-corrected chi connectivity index (χ4v) is 4.16. The summed E-state index contributed by atoms with van der Waals surface area (Å²) in [6, 6.07) is 15.6. The van der Waals surface area contributed by atoms with E-state index in [9.17, 15) is 21.6 Å². The number of hydrogen-bond donors (Lipinski definition) is 0. The number of hydrogen-bond acceptors (Lipinski definition) is 3. The third-order valence-electron chi connectivity index (χ3n) is 4.78. The summed E-state index contributed by atoms with van der Waals surface area (Å²) in [5.74, 6) is -1.15. The maximum atomic E-state index is 12.6. The molecular formula is C23H21ClF3NO2S. The Hall–Kier alpha value is -2.38. The molecule has 3 aromatic rings. The third kappa shape index (κ3) is 5.28. The van der Waals surface area contributed by atoms with Crippen LogP contribution in [0.1, 0.15) is 32.0 Å². The van der Waals surface area contributed by atoms with E-state index in [0.29, 0.717) is 5.56 Å². The van der Waals surface area contributed by atoms with E-state index in [1.165, 1.54) is 18.2 Å². The Kier molecular flexibility index (Phi) is 6.22. The molecule has 164 valence electrons. The van der Waals surface area contributed by atoms with Crippen LogP contribution in [-0.2, 0) is 21.0 Å². The molecule has 0 unspecified atom stereocenters. The zero-order valence-corrected chi connectivity index (χ0v) is 18.7. The van der Waals surface area contributed by atoms with Gasteiger partial charge in [0.25, 0.3) is 9.84 Å². The quantitative estimate of drug-likeness (QED) is 0.424. The highest BCUT2D eigenvalue weighted by atomic mass is 35.5. The van der Waals surface area contributed by atoms with Crippen LogP contribution in [0.25, 0.3) is 22.3 Å². The Morgan fingerprint density at radius 1 is 0.903 bits per heavy atom. The van der Waals surface area contributed by atoms with Crippen molar-refractivity contribution in [1.29, 1.82) is 0 Å². The van der Waals surface area contributed by atoms with Crippen molar-refractivity contribution in [3.8, 4) is 22.3 Å². The van der Waals surface area contributed by atoms with E-state index in [2.05, 4.69) is 25.8 Å². The average Bonchev–Trinajstić information content (AvgIpc) is 2.66. The van der Waals surface area contributed by atoms with E-state index >= 15 is 0 Å². The highest BCUT2D eigenvalue weighted by molar-refractivity contribution is 7.91. The minimum atomic E-state index is -5.30. The molecule has 0 saturated carbocycles. The fourth-order valence-electron chi connectivity index (χ4n) is 3.07. The molecule has 0 fully saturated rings. The van der Waals surface area contributed by atoms with Crippen molar-refractivity contribution in [3.05, 3.63) is 77.1 Å². The number of pyridine rings is 1. The van der Waals surface area contributed by atoms with Crippen molar-refractivity contribution >= 4 is 21.4 Å². The average molecular weight is 468 g/mol. The topological polar surface area (TPSA) is 47.0 Å². The summed E-state index contributed by atoms with van der Waals surface area (Å²) in [7, 11) is -5.27. The van der Waals surface area contributed by atoms with Crippen LogP contribution in [0.3, 0.4) is 0 Å². The predicted molar refractivity (Wildman–Crippen MR) is 117 cm³/mol. The highest BCUT2D eigenvalue weighted by Gasteiger charge is 2.45. The molecule has 0 amide bonds. The first-order valence-corrected chi connectivity index (χ1v) is 11.5. The van der Waals surface area contributed by atoms with E-state index in [-0.39, 0.29) is 16.0 Å². The van der Waals surface area contributed by atoms with Crippen molar-refractivity contribution in [2.45, 2.75) is 37.4 Å². The molecule has 8 heteroatoms. The van der Waals surface area contributed by atoms with Crippen LogP contribution in [0.5, 0.6) is 0 Å². The Bertz CT molecular complexity index is 1220. The second kappa shape index (κ2) is 8.28. The number of alkyl halides is 3. The lowest BCUT2D eigenvalue weighted by Gasteiger charge is -2.18. The fraction of sp³-hybridized carbons (Fsp3) is 0.261. The Balaban J connectivity index is 1.95. The van der Waals surface area contributed by atoms with Crippen molar-refractivity contribution < 1.29 is 21.6 Å². The van der Waals surface area contributed by atoms with Gasteiger partial charge in [-0.25, -0.2) is 8.42 Å². The van der Waals surface area contributed by atoms with Gasteiger partial charge in [0.2, 0.25) is 0 Å². The molecule has 0 atom stereocenters. The second-order valence-corrected chi connectivity index (χ2v) is 10.7. The maximum Gasteiger partial charge on any atom is 0.497 e. The van der Waals surface area contributed by atoms with Crippen LogP contribution in [0, 0.1) is 0 Å². The lowest BCUT2D eigenvalue weighted by Crippen LogP contribution is -2.24. The monoisotopic (exact) mass is 467 g/mol. The van der Waals surface area contributed by atoms with Gasteiger partial charge in [-0.2, -0.15) is 13.2 Å². The normalized spacial score (nSPS) is 12.7. The van der Waals surface area contributed by atoms with E-state index in [0.717, 1.165) is 22.4 Å². The van der Waals surface area contributed by atoms with Gasteiger partial charge in [0.15, 0.2) is 0 Å². The van der Waals surface area contributed by atoms with Crippen molar-refractivity contribution in [3.63, 3.8) is 0 Å². The summed E-state index contributed by atoms with van der Waals surface area (Å²) in [6.45, 7) is 6.24. The van der Waals surface area contributed by atoms with Gasteiger partial charge in [-0.15, -0.1) is 0 Å². The van der Waals surface area contributed by atoms with E-state index in [1.807, 2.05) is 36.4 Å². The first-order chi connectivity index (χ1) is 14.3. The third-order valence-corrected chi connectivity index (χ3v) is 6.51. The van der Waals surface area contributed by atoms with Gasteiger partial charge >= 0.3 is 5.51 Å². The molecule has 0 spiro atoms. The Morgan fingerprint density at radius 2 is 1.55 bits per heavy atom. The number of rotatable bonds is 4. The highest BCUT2D eigenvalue weighted by Crippen LogP contribution is 2.34. The number of aromatic nitrogens is 1. The molecule has 1 aromatic heterocycles. The molecule has 2 aromatic carbocycles. The minimum Gasteiger partial charge on any atom is -0.261 e. The molecule has 3 nitrogen and oxygen atoms in total. The van der Waals surface area contributed by atoms with Gasteiger partial charge in [0.1, 0.15) is 0 Å². The largest absolute Gasteiger partial charge is 0.497 e. The molecule has 1 heterocycles. The van der Waals surface area contributed by atoms with Crippen LogP contribution < -0.4 is 0 Å². The number of halogens is 4. The lowest BCUT2D eigenvalue weighted by atomic mass is 9.89. The Morgan fingerprint density at radius 3 is 2.16 bits per heavy atom. The number of nitrogens with zero attached hydrogens (tertiary/aromatic N) is 1. The molecule has 0 aliphatic carbocycles. The van der Waals surface area contributed by atoms with Gasteiger partial charge < -0.3 is 0 Å². The summed E-state index contributed by atoms with van der Waals surface area (Å²) in [6.07, 6.45) is 1.76. The molecule has 0 saturated heterocycles. The molecular weight excluding hydrogens is 447 g/mol. The molecule has 0 bridgehead atoms. The second-order valence-electron chi connectivity index (χ2n) is 8.28.